The minimum absolute atomic E-state index is 0.0419. The minimum Gasteiger partial charge on any atom is -0.342 e. The van der Waals surface area contributed by atoms with Crippen LogP contribution in [0.1, 0.15) is 30.5 Å². The van der Waals surface area contributed by atoms with Gasteiger partial charge in [-0.1, -0.05) is 91.0 Å². The van der Waals surface area contributed by atoms with Crippen LogP contribution in [-0.4, -0.2) is 16.8 Å². The highest BCUT2D eigenvalue weighted by Gasteiger charge is 2.57. The number of hydrogen-bond acceptors (Lipinski definition) is 3. The van der Waals surface area contributed by atoms with Crippen LogP contribution in [0.5, 0.6) is 0 Å². The topological polar surface area (TPSA) is 38.5 Å². The van der Waals surface area contributed by atoms with Crippen molar-refractivity contribution in [2.24, 2.45) is 5.84 Å². The molecule has 1 fully saturated rings. The third-order valence-electron chi connectivity index (χ3n) is 5.51. The summed E-state index contributed by atoms with van der Waals surface area (Å²) >= 11 is 0. The lowest BCUT2D eigenvalue weighted by Gasteiger charge is -2.36. The first-order chi connectivity index (χ1) is 13.0. The zero-order chi connectivity index (χ0) is 18.9. The smallest absolute Gasteiger partial charge is 0.138 e. The molecule has 27 heavy (non-hydrogen) atoms. The first-order valence-electron chi connectivity index (χ1n) is 9.43. The number of nitrogens with zero attached hydrogens (tertiary/aromatic N) is 1. The van der Waals surface area contributed by atoms with Crippen molar-refractivity contribution in [2.45, 2.75) is 37.6 Å². The van der Waals surface area contributed by atoms with E-state index in [0.29, 0.717) is 0 Å². The number of nitrogens with two attached hydrogens (primary N) is 1. The predicted molar refractivity (Wildman–Crippen MR) is 109 cm³/mol. The Kier molecular flexibility index (Phi) is 4.60. The predicted octanol–water partition coefficient (Wildman–Crippen LogP) is 4.48. The van der Waals surface area contributed by atoms with Crippen LogP contribution in [0.3, 0.4) is 0 Å². The second-order valence-corrected chi connectivity index (χ2v) is 7.63. The Labute approximate surface area is 161 Å². The highest BCUT2D eigenvalue weighted by molar-refractivity contribution is 5.41. The fraction of sp³-hybridized carbons (Fsp3) is 0.250. The van der Waals surface area contributed by atoms with Gasteiger partial charge in [0.2, 0.25) is 0 Å². The first-order valence-corrected chi connectivity index (χ1v) is 9.43. The van der Waals surface area contributed by atoms with Crippen molar-refractivity contribution in [2.75, 3.05) is 0 Å². The molecule has 0 radical (unpaired) electrons. The van der Waals surface area contributed by atoms with Gasteiger partial charge in [-0.25, -0.2) is 5.01 Å². The minimum atomic E-state index is -0.642. The van der Waals surface area contributed by atoms with E-state index in [2.05, 4.69) is 72.8 Å². The molecule has 0 amide bonds. The van der Waals surface area contributed by atoms with Crippen LogP contribution >= 0.6 is 0 Å². The molecule has 3 nitrogen and oxygen atoms in total. The molecule has 0 bridgehead atoms. The number of rotatable bonds is 4. The fourth-order valence-electron chi connectivity index (χ4n) is 4.21. The summed E-state index contributed by atoms with van der Waals surface area (Å²) in [4.78, 5) is 0. The van der Waals surface area contributed by atoms with Crippen molar-refractivity contribution < 1.29 is 4.74 Å². The summed E-state index contributed by atoms with van der Waals surface area (Å²) in [7, 11) is 0. The van der Waals surface area contributed by atoms with E-state index in [4.69, 9.17) is 10.6 Å². The highest BCUT2D eigenvalue weighted by Crippen LogP contribution is 2.49. The number of hydrogen-bond donors (Lipinski definition) is 1. The second-order valence-electron chi connectivity index (χ2n) is 7.63. The van der Waals surface area contributed by atoms with E-state index in [-0.39, 0.29) is 6.04 Å². The van der Waals surface area contributed by atoms with Crippen LogP contribution in [0, 0.1) is 0 Å². The Morgan fingerprint density at radius 3 is 1.70 bits per heavy atom. The molecule has 138 valence electrons. The van der Waals surface area contributed by atoms with Gasteiger partial charge in [0.1, 0.15) is 11.3 Å². The Hall–Kier alpha value is -2.46. The Balaban J connectivity index is 1.91. The molecule has 1 saturated heterocycles. The van der Waals surface area contributed by atoms with Crippen LogP contribution in [-0.2, 0) is 16.8 Å². The molecule has 3 aromatic rings. The van der Waals surface area contributed by atoms with Crippen molar-refractivity contribution in [3.8, 4) is 0 Å². The molecular formula is C24H26N2O. The van der Waals surface area contributed by atoms with Gasteiger partial charge in [-0.2, -0.15) is 0 Å². The summed E-state index contributed by atoms with van der Waals surface area (Å²) in [6.07, 6.45) is 0.796. The van der Waals surface area contributed by atoms with Gasteiger partial charge in [-0.3, -0.25) is 5.84 Å². The van der Waals surface area contributed by atoms with Crippen LogP contribution < -0.4 is 5.84 Å². The Morgan fingerprint density at radius 2 is 1.22 bits per heavy atom. The zero-order valence-corrected chi connectivity index (χ0v) is 15.9. The van der Waals surface area contributed by atoms with Crippen molar-refractivity contribution in [1.29, 1.82) is 0 Å². The molecule has 2 N–H and O–H groups in total. The van der Waals surface area contributed by atoms with Crippen molar-refractivity contribution in [3.63, 3.8) is 0 Å². The van der Waals surface area contributed by atoms with Crippen molar-refractivity contribution in [1.82, 2.24) is 5.01 Å². The fourth-order valence-corrected chi connectivity index (χ4v) is 4.21. The molecule has 4 rings (SSSR count). The number of benzene rings is 3. The first kappa shape index (κ1) is 17.9. The third kappa shape index (κ3) is 3.08. The Morgan fingerprint density at radius 1 is 0.778 bits per heavy atom. The molecule has 1 aliphatic rings. The van der Waals surface area contributed by atoms with E-state index in [1.807, 2.05) is 37.1 Å². The van der Waals surface area contributed by atoms with E-state index in [1.54, 1.807) is 0 Å². The summed E-state index contributed by atoms with van der Waals surface area (Å²) in [5, 5.41) is 1.89. The zero-order valence-electron chi connectivity index (χ0n) is 15.9. The third-order valence-corrected chi connectivity index (χ3v) is 5.51. The van der Waals surface area contributed by atoms with Gasteiger partial charge in [-0.15, -0.1) is 0 Å². The monoisotopic (exact) mass is 358 g/mol. The maximum absolute atomic E-state index is 6.81. The average Bonchev–Trinajstić information content (AvgIpc) is 2.92. The van der Waals surface area contributed by atoms with E-state index in [9.17, 15) is 0 Å². The van der Waals surface area contributed by atoms with Gasteiger partial charge >= 0.3 is 0 Å². The van der Waals surface area contributed by atoms with Gasteiger partial charge in [0, 0.05) is 0 Å². The molecule has 3 aromatic carbocycles. The maximum Gasteiger partial charge on any atom is 0.138 e. The summed E-state index contributed by atoms with van der Waals surface area (Å²) in [6.45, 7) is 4.08. The summed E-state index contributed by atoms with van der Waals surface area (Å²) in [5.74, 6) is 6.66. The standard InChI is InChI=1S/C24H26N2O/c1-23(2)26(25)22(18-19-12-6-3-7-13-19)24(27-23,20-14-8-4-9-15-20)21-16-10-5-11-17-21/h3-17,22H,18,25H2,1-2H3/t22-/m0/s1. The molecule has 0 saturated carbocycles. The maximum atomic E-state index is 6.81. The molecule has 3 heteroatoms. The summed E-state index contributed by atoms with van der Waals surface area (Å²) in [6, 6.07) is 31.3. The van der Waals surface area contributed by atoms with Gasteiger partial charge in [0.15, 0.2) is 0 Å². The molecule has 0 unspecified atom stereocenters. The van der Waals surface area contributed by atoms with Gasteiger partial charge in [0.25, 0.3) is 0 Å². The van der Waals surface area contributed by atoms with Gasteiger partial charge in [-0.05, 0) is 37.0 Å². The molecule has 0 aliphatic carbocycles. The lowest BCUT2D eigenvalue weighted by Crippen LogP contribution is -2.52. The molecular weight excluding hydrogens is 332 g/mol. The average molecular weight is 358 g/mol. The SMILES string of the molecule is CC1(C)OC(c2ccccc2)(c2ccccc2)[C@H](Cc2ccccc2)N1N. The number of hydrazine groups is 1. The lowest BCUT2D eigenvalue weighted by molar-refractivity contribution is -0.106. The largest absolute Gasteiger partial charge is 0.342 e. The van der Waals surface area contributed by atoms with Gasteiger partial charge in [0.05, 0.1) is 6.04 Å². The van der Waals surface area contributed by atoms with Crippen LogP contribution in [0.25, 0.3) is 0 Å². The van der Waals surface area contributed by atoms with Crippen molar-refractivity contribution >= 4 is 0 Å². The van der Waals surface area contributed by atoms with E-state index in [1.165, 1.54) is 5.56 Å². The summed E-state index contributed by atoms with van der Waals surface area (Å²) < 4.78 is 6.81. The lowest BCUT2D eigenvalue weighted by atomic mass is 9.78. The molecule has 0 spiro atoms. The van der Waals surface area contributed by atoms with E-state index >= 15 is 0 Å². The Bertz CT molecular complexity index is 839. The quantitative estimate of drug-likeness (QED) is 0.699. The molecule has 1 aliphatic heterocycles. The van der Waals surface area contributed by atoms with E-state index in [0.717, 1.165) is 17.5 Å². The highest BCUT2D eigenvalue weighted by atomic mass is 16.6. The van der Waals surface area contributed by atoms with Gasteiger partial charge < -0.3 is 4.74 Å². The molecule has 0 aromatic heterocycles. The van der Waals surface area contributed by atoms with Crippen LogP contribution in [0.2, 0.25) is 0 Å². The van der Waals surface area contributed by atoms with Crippen molar-refractivity contribution in [3.05, 3.63) is 108 Å². The van der Waals surface area contributed by atoms with Crippen LogP contribution in [0.15, 0.2) is 91.0 Å². The molecule has 1 atom stereocenters. The second kappa shape index (κ2) is 6.93. The van der Waals surface area contributed by atoms with Crippen LogP contribution in [0.4, 0.5) is 0 Å². The summed E-state index contributed by atoms with van der Waals surface area (Å²) in [5.41, 5.74) is 2.26. The normalized spacial score (nSPS) is 21.2. The molecule has 1 heterocycles. The van der Waals surface area contributed by atoms with E-state index < -0.39 is 11.3 Å². The number of ether oxygens (including phenoxy) is 1.